The monoisotopic (exact) mass is 322 g/mol. The summed E-state index contributed by atoms with van der Waals surface area (Å²) in [4.78, 5) is 2.57. The molecule has 2 unspecified atom stereocenters. The van der Waals surface area contributed by atoms with Crippen LogP contribution in [0.1, 0.15) is 38.5 Å². The van der Waals surface area contributed by atoms with Gasteiger partial charge < -0.3 is 4.90 Å². The van der Waals surface area contributed by atoms with Crippen LogP contribution in [0.25, 0.3) is 0 Å². The normalized spacial score (nSPS) is 29.9. The highest BCUT2D eigenvalue weighted by Gasteiger charge is 2.30. The number of hydrogen-bond donors (Lipinski definition) is 0. The molecule has 0 bridgehead atoms. The van der Waals surface area contributed by atoms with Gasteiger partial charge in [0, 0.05) is 31.6 Å². The Kier molecular flexibility index (Phi) is 6.14. The minimum absolute atomic E-state index is 0.495. The van der Waals surface area contributed by atoms with Gasteiger partial charge in [0.2, 0.25) is 10.0 Å². The number of rotatable bonds is 6. The summed E-state index contributed by atoms with van der Waals surface area (Å²) >= 11 is 5.80. The van der Waals surface area contributed by atoms with E-state index in [-0.39, 0.29) is 0 Å². The van der Waals surface area contributed by atoms with Gasteiger partial charge in [-0.25, -0.2) is 12.7 Å². The fourth-order valence-electron chi connectivity index (χ4n) is 3.58. The van der Waals surface area contributed by atoms with Crippen molar-refractivity contribution >= 4 is 21.6 Å². The van der Waals surface area contributed by atoms with Gasteiger partial charge in [0.1, 0.15) is 0 Å². The minimum atomic E-state index is -3.02. The largest absolute Gasteiger partial charge is 0.300 e. The number of nitrogens with zero attached hydrogens (tertiary/aromatic N) is 2. The van der Waals surface area contributed by atoms with Crippen LogP contribution in [0.2, 0.25) is 0 Å². The Morgan fingerprint density at radius 3 is 2.65 bits per heavy atom. The van der Waals surface area contributed by atoms with Gasteiger partial charge in [-0.15, -0.1) is 11.6 Å². The van der Waals surface area contributed by atoms with Gasteiger partial charge in [-0.3, -0.25) is 0 Å². The molecular formula is C14H27ClN2O2S. The van der Waals surface area contributed by atoms with E-state index in [4.69, 9.17) is 11.6 Å². The molecule has 0 radical (unpaired) electrons. The maximum atomic E-state index is 11.7. The first-order valence-corrected chi connectivity index (χ1v) is 10.1. The molecule has 0 amide bonds. The van der Waals surface area contributed by atoms with Crippen LogP contribution in [0.3, 0.4) is 0 Å². The molecule has 2 aliphatic rings. The number of hydrogen-bond acceptors (Lipinski definition) is 3. The van der Waals surface area contributed by atoms with Gasteiger partial charge in [-0.1, -0.05) is 0 Å². The quantitative estimate of drug-likeness (QED) is 0.703. The summed E-state index contributed by atoms with van der Waals surface area (Å²) in [7, 11) is -3.02. The molecule has 2 fully saturated rings. The Balaban J connectivity index is 1.86. The Hall–Kier alpha value is 0.160. The van der Waals surface area contributed by atoms with E-state index in [9.17, 15) is 8.42 Å². The predicted octanol–water partition coefficient (Wildman–Crippen LogP) is 2.14. The summed E-state index contributed by atoms with van der Waals surface area (Å²) in [6.45, 7) is 3.63. The minimum Gasteiger partial charge on any atom is -0.300 e. The van der Waals surface area contributed by atoms with Crippen LogP contribution in [0, 0.1) is 5.92 Å². The predicted molar refractivity (Wildman–Crippen MR) is 83.7 cm³/mol. The molecule has 0 saturated carbocycles. The van der Waals surface area contributed by atoms with Crippen molar-refractivity contribution in [1.82, 2.24) is 9.21 Å². The average Bonchev–Trinajstić information content (AvgIpc) is 2.83. The van der Waals surface area contributed by atoms with Crippen molar-refractivity contribution in [3.05, 3.63) is 0 Å². The maximum absolute atomic E-state index is 11.7. The third-order valence-corrected chi connectivity index (χ3v) is 6.15. The van der Waals surface area contributed by atoms with Crippen molar-refractivity contribution < 1.29 is 8.42 Å². The zero-order valence-electron chi connectivity index (χ0n) is 12.4. The molecule has 0 spiro atoms. The Morgan fingerprint density at radius 2 is 1.95 bits per heavy atom. The summed E-state index contributed by atoms with van der Waals surface area (Å²) in [6, 6.07) is 0.669. The van der Waals surface area contributed by atoms with Crippen LogP contribution < -0.4 is 0 Å². The zero-order valence-corrected chi connectivity index (χ0v) is 14.0. The number of alkyl halides is 1. The van der Waals surface area contributed by atoms with E-state index in [1.54, 1.807) is 4.31 Å². The van der Waals surface area contributed by atoms with Crippen LogP contribution in [0.5, 0.6) is 0 Å². The lowest BCUT2D eigenvalue weighted by molar-refractivity contribution is 0.163. The third kappa shape index (κ3) is 4.58. The van der Waals surface area contributed by atoms with Crippen LogP contribution >= 0.6 is 11.6 Å². The van der Waals surface area contributed by atoms with E-state index in [0.29, 0.717) is 25.0 Å². The molecular weight excluding hydrogens is 296 g/mol. The summed E-state index contributed by atoms with van der Waals surface area (Å²) in [5, 5.41) is 0. The highest BCUT2D eigenvalue weighted by atomic mass is 35.5. The molecule has 6 heteroatoms. The highest BCUT2D eigenvalue weighted by Crippen LogP contribution is 2.26. The smallest absolute Gasteiger partial charge is 0.211 e. The van der Waals surface area contributed by atoms with E-state index in [1.807, 2.05) is 0 Å². The first-order chi connectivity index (χ1) is 9.50. The van der Waals surface area contributed by atoms with Crippen molar-refractivity contribution in [2.75, 3.05) is 38.3 Å². The summed E-state index contributed by atoms with van der Waals surface area (Å²) in [5.74, 6) is 1.24. The molecule has 0 aromatic rings. The van der Waals surface area contributed by atoms with E-state index in [1.165, 1.54) is 32.1 Å². The van der Waals surface area contributed by atoms with E-state index >= 15 is 0 Å². The molecule has 2 saturated heterocycles. The molecule has 0 aliphatic carbocycles. The van der Waals surface area contributed by atoms with Gasteiger partial charge in [0.15, 0.2) is 0 Å². The topological polar surface area (TPSA) is 40.6 Å². The second-order valence-corrected chi connectivity index (χ2v) is 8.61. The second-order valence-electron chi connectivity index (χ2n) is 6.25. The van der Waals surface area contributed by atoms with Crippen LogP contribution in [-0.4, -0.2) is 62.0 Å². The van der Waals surface area contributed by atoms with Gasteiger partial charge in [0.25, 0.3) is 0 Å². The lowest BCUT2D eigenvalue weighted by Crippen LogP contribution is -2.44. The number of sulfonamides is 1. The fraction of sp³-hybridized carbons (Fsp3) is 1.00. The van der Waals surface area contributed by atoms with Crippen LogP contribution in [0.15, 0.2) is 0 Å². The van der Waals surface area contributed by atoms with Crippen molar-refractivity contribution in [3.8, 4) is 0 Å². The molecule has 2 aliphatic heterocycles. The van der Waals surface area contributed by atoms with Crippen molar-refractivity contribution in [3.63, 3.8) is 0 Å². The molecule has 2 heterocycles. The molecule has 0 aromatic carbocycles. The third-order valence-electron chi connectivity index (χ3n) is 4.61. The molecule has 2 atom stereocenters. The lowest BCUT2D eigenvalue weighted by Gasteiger charge is -2.35. The first kappa shape index (κ1) is 16.5. The van der Waals surface area contributed by atoms with Gasteiger partial charge in [-0.2, -0.15) is 0 Å². The summed E-state index contributed by atoms with van der Waals surface area (Å²) in [6.07, 6.45) is 8.31. The standard InChI is InChI=1S/C14H27ClN2O2S/c1-20(18,19)17-10-3-5-13(12-17)11-16-9-4-7-14(16)6-2-8-15/h13-14H,2-12H2,1H3. The Morgan fingerprint density at radius 1 is 1.20 bits per heavy atom. The average molecular weight is 323 g/mol. The van der Waals surface area contributed by atoms with E-state index in [0.717, 1.165) is 31.7 Å². The van der Waals surface area contributed by atoms with Crippen molar-refractivity contribution in [2.45, 2.75) is 44.6 Å². The second kappa shape index (κ2) is 7.43. The van der Waals surface area contributed by atoms with Crippen molar-refractivity contribution in [2.24, 2.45) is 5.92 Å². The summed E-state index contributed by atoms with van der Waals surface area (Å²) < 4.78 is 25.0. The zero-order chi connectivity index (χ0) is 14.6. The first-order valence-electron chi connectivity index (χ1n) is 7.76. The highest BCUT2D eigenvalue weighted by molar-refractivity contribution is 7.88. The number of piperidine rings is 1. The van der Waals surface area contributed by atoms with E-state index < -0.39 is 10.0 Å². The van der Waals surface area contributed by atoms with Gasteiger partial charge in [0.05, 0.1) is 6.26 Å². The van der Waals surface area contributed by atoms with E-state index in [2.05, 4.69) is 4.90 Å². The fourth-order valence-corrected chi connectivity index (χ4v) is 4.68. The maximum Gasteiger partial charge on any atom is 0.211 e. The molecule has 0 N–H and O–H groups in total. The van der Waals surface area contributed by atoms with Crippen LogP contribution in [-0.2, 0) is 10.0 Å². The SMILES string of the molecule is CS(=O)(=O)N1CCCC(CN2CCCC2CCCCl)C1. The molecule has 118 valence electrons. The van der Waals surface area contributed by atoms with Crippen LogP contribution in [0.4, 0.5) is 0 Å². The Bertz CT molecular complexity index is 402. The summed E-state index contributed by atoms with van der Waals surface area (Å²) in [5.41, 5.74) is 0. The lowest BCUT2D eigenvalue weighted by atomic mass is 9.98. The Labute approximate surface area is 128 Å². The van der Waals surface area contributed by atoms with Gasteiger partial charge in [-0.05, 0) is 51.0 Å². The molecule has 20 heavy (non-hydrogen) atoms. The molecule has 0 aromatic heterocycles. The number of likely N-dealkylation sites (tertiary alicyclic amines) is 1. The van der Waals surface area contributed by atoms with Crippen molar-refractivity contribution in [1.29, 1.82) is 0 Å². The number of halogens is 1. The molecule has 4 nitrogen and oxygen atoms in total. The van der Waals surface area contributed by atoms with Gasteiger partial charge >= 0.3 is 0 Å². The molecule has 2 rings (SSSR count).